The van der Waals surface area contributed by atoms with Crippen molar-refractivity contribution in [3.05, 3.63) is 30.3 Å². The molecule has 2 aliphatic rings. The molecule has 3 nitrogen and oxygen atoms in total. The first-order chi connectivity index (χ1) is 10.2. The van der Waals surface area contributed by atoms with E-state index in [0.717, 1.165) is 19.6 Å². The van der Waals surface area contributed by atoms with E-state index in [4.69, 9.17) is 5.73 Å². The van der Waals surface area contributed by atoms with Gasteiger partial charge in [0.25, 0.3) is 0 Å². The zero-order valence-corrected chi connectivity index (χ0v) is 13.8. The number of nitrogens with two attached hydrogens (primary N) is 1. The second-order valence-electron chi connectivity index (χ2n) is 6.37. The van der Waals surface area contributed by atoms with Crippen molar-refractivity contribution in [3.8, 4) is 0 Å². The number of rotatable bonds is 3. The zero-order valence-electron chi connectivity index (χ0n) is 13.0. The van der Waals surface area contributed by atoms with E-state index in [9.17, 15) is 0 Å². The Bertz CT molecular complexity index is 443. The van der Waals surface area contributed by atoms with Gasteiger partial charge < -0.3 is 10.6 Å². The topological polar surface area (TPSA) is 32.5 Å². The lowest BCUT2D eigenvalue weighted by Crippen LogP contribution is -2.63. The van der Waals surface area contributed by atoms with Crippen LogP contribution in [0, 0.1) is 0 Å². The average molecular weight is 305 g/mol. The summed E-state index contributed by atoms with van der Waals surface area (Å²) in [5, 5.41) is 0. The van der Waals surface area contributed by atoms with Gasteiger partial charge in [-0.1, -0.05) is 18.2 Å². The van der Waals surface area contributed by atoms with E-state index >= 15 is 0 Å². The molecule has 0 spiro atoms. The maximum Gasteiger partial charge on any atom is 0.0368 e. The van der Waals surface area contributed by atoms with Crippen molar-refractivity contribution in [2.45, 2.75) is 31.3 Å². The lowest BCUT2D eigenvalue weighted by molar-refractivity contribution is 0.0454. The van der Waals surface area contributed by atoms with Crippen LogP contribution in [0.5, 0.6) is 0 Å². The minimum Gasteiger partial charge on any atom is -0.371 e. The largest absolute Gasteiger partial charge is 0.371 e. The molecule has 2 saturated heterocycles. The number of thioether (sulfide) groups is 1. The van der Waals surface area contributed by atoms with E-state index < -0.39 is 0 Å². The molecule has 0 amide bonds. The summed E-state index contributed by atoms with van der Waals surface area (Å²) < 4.78 is 0. The van der Waals surface area contributed by atoms with Crippen molar-refractivity contribution in [3.63, 3.8) is 0 Å². The highest BCUT2D eigenvalue weighted by molar-refractivity contribution is 7.99. The summed E-state index contributed by atoms with van der Waals surface area (Å²) >= 11 is 2.08. The second-order valence-corrected chi connectivity index (χ2v) is 7.52. The highest BCUT2D eigenvalue weighted by atomic mass is 32.2. The summed E-state index contributed by atoms with van der Waals surface area (Å²) in [6.45, 7) is 6.61. The van der Waals surface area contributed by atoms with Gasteiger partial charge in [0.05, 0.1) is 0 Å². The lowest BCUT2D eigenvalue weighted by Gasteiger charge is -2.52. The van der Waals surface area contributed by atoms with E-state index in [1.165, 1.54) is 36.6 Å². The second kappa shape index (κ2) is 6.59. The summed E-state index contributed by atoms with van der Waals surface area (Å²) in [6, 6.07) is 11.4. The molecule has 1 aromatic carbocycles. The standard InChI is InChI=1S/C17H27N3S/c1-15-13-21-12-11-20(15)17(14-18)7-9-19(10-8-17)16-5-3-2-4-6-16/h2-6,15H,7-14,18H2,1H3. The molecule has 0 radical (unpaired) electrons. The summed E-state index contributed by atoms with van der Waals surface area (Å²) in [6.07, 6.45) is 2.38. The van der Waals surface area contributed by atoms with Gasteiger partial charge in [0.2, 0.25) is 0 Å². The van der Waals surface area contributed by atoms with Crippen LogP contribution in [0.1, 0.15) is 19.8 Å². The highest BCUT2D eigenvalue weighted by Crippen LogP contribution is 2.34. The number of nitrogens with zero attached hydrogens (tertiary/aromatic N) is 2. The molecule has 2 fully saturated rings. The average Bonchev–Trinajstić information content (AvgIpc) is 2.56. The molecular formula is C17H27N3S. The molecular weight excluding hydrogens is 278 g/mol. The molecule has 2 N–H and O–H groups in total. The van der Waals surface area contributed by atoms with E-state index in [2.05, 4.69) is 58.8 Å². The Hall–Kier alpha value is -0.710. The first-order valence-electron chi connectivity index (χ1n) is 8.10. The predicted molar refractivity (Wildman–Crippen MR) is 93.2 cm³/mol. The smallest absolute Gasteiger partial charge is 0.0368 e. The minimum atomic E-state index is 0.228. The van der Waals surface area contributed by atoms with Crippen LogP contribution in [0.15, 0.2) is 30.3 Å². The molecule has 0 aromatic heterocycles. The summed E-state index contributed by atoms with van der Waals surface area (Å²) in [4.78, 5) is 5.23. The number of piperidine rings is 1. The SMILES string of the molecule is CC1CSCCN1C1(CN)CCN(c2ccccc2)CC1. The fourth-order valence-electron chi connectivity index (χ4n) is 3.86. The number of para-hydroxylation sites is 1. The van der Waals surface area contributed by atoms with Gasteiger partial charge in [-0.15, -0.1) is 0 Å². The van der Waals surface area contributed by atoms with Crippen LogP contribution in [0.25, 0.3) is 0 Å². The third-order valence-corrected chi connectivity index (χ3v) is 6.36. The third-order valence-electron chi connectivity index (χ3n) is 5.17. The highest BCUT2D eigenvalue weighted by Gasteiger charge is 2.41. The van der Waals surface area contributed by atoms with Gasteiger partial charge in [-0.3, -0.25) is 4.90 Å². The summed E-state index contributed by atoms with van der Waals surface area (Å²) in [5.74, 6) is 2.51. The molecule has 0 aliphatic carbocycles. The van der Waals surface area contributed by atoms with Gasteiger partial charge in [0.15, 0.2) is 0 Å². The van der Waals surface area contributed by atoms with Crippen molar-refractivity contribution in [2.24, 2.45) is 5.73 Å². The molecule has 1 atom stereocenters. The lowest BCUT2D eigenvalue weighted by atomic mass is 9.84. The Morgan fingerprint density at radius 1 is 1.19 bits per heavy atom. The Labute approximate surface area is 132 Å². The van der Waals surface area contributed by atoms with Crippen LogP contribution < -0.4 is 10.6 Å². The fourth-order valence-corrected chi connectivity index (χ4v) is 4.87. The van der Waals surface area contributed by atoms with Crippen LogP contribution in [-0.2, 0) is 0 Å². The van der Waals surface area contributed by atoms with Gasteiger partial charge in [0, 0.05) is 55.0 Å². The van der Waals surface area contributed by atoms with Gasteiger partial charge >= 0.3 is 0 Å². The van der Waals surface area contributed by atoms with Crippen LogP contribution in [-0.4, -0.2) is 54.2 Å². The van der Waals surface area contributed by atoms with Crippen molar-refractivity contribution in [1.29, 1.82) is 0 Å². The number of benzene rings is 1. The minimum absolute atomic E-state index is 0.228. The van der Waals surface area contributed by atoms with Gasteiger partial charge in [0.1, 0.15) is 0 Å². The monoisotopic (exact) mass is 305 g/mol. The van der Waals surface area contributed by atoms with Gasteiger partial charge in [-0.25, -0.2) is 0 Å². The van der Waals surface area contributed by atoms with E-state index in [1.54, 1.807) is 0 Å². The fraction of sp³-hybridized carbons (Fsp3) is 0.647. The molecule has 2 aliphatic heterocycles. The molecule has 3 rings (SSSR count). The third kappa shape index (κ3) is 3.08. The summed E-state index contributed by atoms with van der Waals surface area (Å²) in [5.41, 5.74) is 7.83. The molecule has 21 heavy (non-hydrogen) atoms. The normalized spacial score (nSPS) is 26.8. The van der Waals surface area contributed by atoms with E-state index in [1.807, 2.05) is 0 Å². The van der Waals surface area contributed by atoms with Crippen LogP contribution >= 0.6 is 11.8 Å². The Balaban J connectivity index is 1.69. The number of hydrogen-bond donors (Lipinski definition) is 1. The first kappa shape index (κ1) is 15.2. The molecule has 0 saturated carbocycles. The Kier molecular flexibility index (Phi) is 4.77. The van der Waals surface area contributed by atoms with Gasteiger partial charge in [-0.2, -0.15) is 11.8 Å². The molecule has 4 heteroatoms. The molecule has 0 bridgehead atoms. The molecule has 1 aromatic rings. The Morgan fingerprint density at radius 3 is 2.52 bits per heavy atom. The van der Waals surface area contributed by atoms with Crippen LogP contribution in [0.2, 0.25) is 0 Å². The zero-order chi connectivity index (χ0) is 14.7. The quantitative estimate of drug-likeness (QED) is 0.929. The summed E-state index contributed by atoms with van der Waals surface area (Å²) in [7, 11) is 0. The first-order valence-corrected chi connectivity index (χ1v) is 9.25. The predicted octanol–water partition coefficient (Wildman–Crippen LogP) is 2.42. The molecule has 1 unspecified atom stereocenters. The maximum absolute atomic E-state index is 6.25. The van der Waals surface area contributed by atoms with Gasteiger partial charge in [-0.05, 0) is 31.9 Å². The van der Waals surface area contributed by atoms with Crippen LogP contribution in [0.4, 0.5) is 5.69 Å². The van der Waals surface area contributed by atoms with E-state index in [-0.39, 0.29) is 5.54 Å². The number of hydrogen-bond acceptors (Lipinski definition) is 4. The van der Waals surface area contributed by atoms with Crippen molar-refractivity contribution >= 4 is 17.4 Å². The maximum atomic E-state index is 6.25. The molecule has 116 valence electrons. The van der Waals surface area contributed by atoms with Crippen LogP contribution in [0.3, 0.4) is 0 Å². The Morgan fingerprint density at radius 2 is 1.90 bits per heavy atom. The molecule has 2 heterocycles. The number of anilines is 1. The van der Waals surface area contributed by atoms with Crippen molar-refractivity contribution in [1.82, 2.24) is 4.90 Å². The van der Waals surface area contributed by atoms with E-state index in [0.29, 0.717) is 6.04 Å². The van der Waals surface area contributed by atoms with Crippen molar-refractivity contribution in [2.75, 3.05) is 42.6 Å². The van der Waals surface area contributed by atoms with Crippen molar-refractivity contribution < 1.29 is 0 Å².